The normalized spacial score (nSPS) is 18.3. The second kappa shape index (κ2) is 5.28. The van der Waals surface area contributed by atoms with Gasteiger partial charge >= 0.3 is 0 Å². The van der Waals surface area contributed by atoms with Gasteiger partial charge in [0.15, 0.2) is 17.5 Å². The highest BCUT2D eigenvalue weighted by atomic mass is 79.9. The molecule has 3 rings (SSSR count). The molecule has 1 saturated carbocycles. The molecule has 1 heterocycles. The molecule has 102 valence electrons. The summed E-state index contributed by atoms with van der Waals surface area (Å²) in [4.78, 5) is 4.33. The number of nitrogens with zero attached hydrogens (tertiary/aromatic N) is 1. The van der Waals surface area contributed by atoms with Crippen LogP contribution in [0, 0.1) is 0 Å². The number of hydrogen-bond acceptors (Lipinski definition) is 3. The average Bonchev–Trinajstić information content (AvgIpc) is 3.20. The summed E-state index contributed by atoms with van der Waals surface area (Å²) in [7, 11) is 0. The van der Waals surface area contributed by atoms with Crippen molar-refractivity contribution in [1.82, 2.24) is 5.32 Å². The first-order valence-electron chi connectivity index (χ1n) is 6.37. The van der Waals surface area contributed by atoms with Crippen LogP contribution in [-0.4, -0.2) is 25.2 Å². The third kappa shape index (κ3) is 3.12. The molecular weight excluding hydrogens is 310 g/mol. The van der Waals surface area contributed by atoms with E-state index in [-0.39, 0.29) is 0 Å². The van der Waals surface area contributed by atoms with E-state index in [0.717, 1.165) is 21.5 Å². The SMILES string of the molecule is NC(=NCc1cc(Br)c2c(c1)OCCO2)NC1CC1. The Bertz CT molecular complexity index is 515. The van der Waals surface area contributed by atoms with Crippen LogP contribution in [0.1, 0.15) is 18.4 Å². The number of hydrogen-bond donors (Lipinski definition) is 2. The van der Waals surface area contributed by atoms with Crippen molar-refractivity contribution in [3.05, 3.63) is 22.2 Å². The molecule has 0 aromatic heterocycles. The lowest BCUT2D eigenvalue weighted by Gasteiger charge is -2.20. The van der Waals surface area contributed by atoms with E-state index >= 15 is 0 Å². The van der Waals surface area contributed by atoms with Gasteiger partial charge < -0.3 is 20.5 Å². The minimum Gasteiger partial charge on any atom is -0.486 e. The summed E-state index contributed by atoms with van der Waals surface area (Å²) >= 11 is 3.49. The van der Waals surface area contributed by atoms with Crippen LogP contribution >= 0.6 is 15.9 Å². The molecule has 3 N–H and O–H groups in total. The van der Waals surface area contributed by atoms with Gasteiger partial charge in [-0.2, -0.15) is 0 Å². The zero-order valence-corrected chi connectivity index (χ0v) is 12.1. The Labute approximate surface area is 120 Å². The fourth-order valence-corrected chi connectivity index (χ4v) is 2.52. The van der Waals surface area contributed by atoms with E-state index in [2.05, 4.69) is 26.2 Å². The van der Waals surface area contributed by atoms with Gasteiger partial charge in [-0.25, -0.2) is 4.99 Å². The Morgan fingerprint density at radius 2 is 2.16 bits per heavy atom. The third-order valence-electron chi connectivity index (χ3n) is 3.02. The molecule has 0 radical (unpaired) electrons. The van der Waals surface area contributed by atoms with Gasteiger partial charge in [-0.3, -0.25) is 0 Å². The summed E-state index contributed by atoms with van der Waals surface area (Å²) in [5, 5.41) is 3.16. The van der Waals surface area contributed by atoms with Gasteiger partial charge in [0.2, 0.25) is 0 Å². The Kier molecular flexibility index (Phi) is 3.50. The summed E-state index contributed by atoms with van der Waals surface area (Å²) in [5.41, 5.74) is 6.85. The maximum Gasteiger partial charge on any atom is 0.189 e. The van der Waals surface area contributed by atoms with Crippen LogP contribution in [0.3, 0.4) is 0 Å². The van der Waals surface area contributed by atoms with Gasteiger partial charge in [-0.05, 0) is 46.5 Å². The number of halogens is 1. The second-order valence-electron chi connectivity index (χ2n) is 4.72. The van der Waals surface area contributed by atoms with Crippen LogP contribution in [0.15, 0.2) is 21.6 Å². The fourth-order valence-electron chi connectivity index (χ4n) is 1.91. The first kappa shape index (κ1) is 12.6. The number of rotatable bonds is 3. The van der Waals surface area contributed by atoms with Gasteiger partial charge in [0.1, 0.15) is 13.2 Å². The van der Waals surface area contributed by atoms with E-state index in [0.29, 0.717) is 31.8 Å². The lowest BCUT2D eigenvalue weighted by atomic mass is 10.2. The van der Waals surface area contributed by atoms with Crippen LogP contribution in [-0.2, 0) is 6.54 Å². The maximum atomic E-state index is 5.81. The molecule has 1 aromatic carbocycles. The molecule has 0 spiro atoms. The molecule has 19 heavy (non-hydrogen) atoms. The molecule has 1 aliphatic carbocycles. The molecular formula is C13H16BrN3O2. The van der Waals surface area contributed by atoms with Gasteiger partial charge in [0, 0.05) is 6.04 Å². The molecule has 0 bridgehead atoms. The summed E-state index contributed by atoms with van der Waals surface area (Å²) < 4.78 is 12.0. The van der Waals surface area contributed by atoms with Crippen molar-refractivity contribution < 1.29 is 9.47 Å². The predicted octanol–water partition coefficient (Wildman–Crippen LogP) is 1.79. The monoisotopic (exact) mass is 325 g/mol. The van der Waals surface area contributed by atoms with Crippen molar-refractivity contribution in [1.29, 1.82) is 0 Å². The van der Waals surface area contributed by atoms with Crippen molar-refractivity contribution >= 4 is 21.9 Å². The van der Waals surface area contributed by atoms with E-state index in [9.17, 15) is 0 Å². The summed E-state index contributed by atoms with van der Waals surface area (Å²) in [6.07, 6.45) is 2.37. The lowest BCUT2D eigenvalue weighted by molar-refractivity contribution is 0.170. The average molecular weight is 326 g/mol. The molecule has 6 heteroatoms. The quantitative estimate of drug-likeness (QED) is 0.656. The predicted molar refractivity (Wildman–Crippen MR) is 76.6 cm³/mol. The van der Waals surface area contributed by atoms with Crippen LogP contribution in [0.25, 0.3) is 0 Å². The third-order valence-corrected chi connectivity index (χ3v) is 3.61. The van der Waals surface area contributed by atoms with Crippen molar-refractivity contribution in [3.8, 4) is 11.5 Å². The molecule has 2 aliphatic rings. The number of benzene rings is 1. The number of ether oxygens (including phenoxy) is 2. The fraction of sp³-hybridized carbons (Fsp3) is 0.462. The zero-order valence-electron chi connectivity index (χ0n) is 10.5. The summed E-state index contributed by atoms with van der Waals surface area (Å²) in [5.74, 6) is 2.04. The number of fused-ring (bicyclic) bond motifs is 1. The van der Waals surface area contributed by atoms with Crippen LogP contribution in [0.2, 0.25) is 0 Å². The lowest BCUT2D eigenvalue weighted by Crippen LogP contribution is -2.33. The highest BCUT2D eigenvalue weighted by Crippen LogP contribution is 2.38. The minimum atomic E-state index is 0.508. The van der Waals surface area contributed by atoms with Crippen molar-refractivity contribution in [2.75, 3.05) is 13.2 Å². The topological polar surface area (TPSA) is 68.9 Å². The highest BCUT2D eigenvalue weighted by molar-refractivity contribution is 9.10. The van der Waals surface area contributed by atoms with Gasteiger partial charge in [0.25, 0.3) is 0 Å². The largest absolute Gasteiger partial charge is 0.486 e. The second-order valence-corrected chi connectivity index (χ2v) is 5.58. The summed E-state index contributed by atoms with van der Waals surface area (Å²) in [6.45, 7) is 1.69. The molecule has 0 atom stereocenters. The van der Waals surface area contributed by atoms with E-state index in [1.54, 1.807) is 0 Å². The Balaban J connectivity index is 1.72. The molecule has 0 unspecified atom stereocenters. The maximum absolute atomic E-state index is 5.81. The van der Waals surface area contributed by atoms with E-state index < -0.39 is 0 Å². The number of nitrogens with one attached hydrogen (secondary N) is 1. The highest BCUT2D eigenvalue weighted by Gasteiger charge is 2.21. The van der Waals surface area contributed by atoms with E-state index in [1.807, 2.05) is 12.1 Å². The van der Waals surface area contributed by atoms with Crippen LogP contribution in [0.5, 0.6) is 11.5 Å². The molecule has 1 fully saturated rings. The van der Waals surface area contributed by atoms with E-state index in [1.165, 1.54) is 12.8 Å². The molecule has 5 nitrogen and oxygen atoms in total. The zero-order chi connectivity index (χ0) is 13.2. The van der Waals surface area contributed by atoms with Gasteiger partial charge in [-0.1, -0.05) is 0 Å². The Hall–Kier alpha value is -1.43. The van der Waals surface area contributed by atoms with Crippen molar-refractivity contribution in [2.45, 2.75) is 25.4 Å². The molecule has 0 saturated heterocycles. The first-order chi connectivity index (χ1) is 9.22. The molecule has 1 aliphatic heterocycles. The molecule has 1 aromatic rings. The van der Waals surface area contributed by atoms with Gasteiger partial charge in [-0.15, -0.1) is 0 Å². The van der Waals surface area contributed by atoms with Crippen LogP contribution < -0.4 is 20.5 Å². The standard InChI is InChI=1S/C13H16BrN3O2/c14-10-5-8(6-11-12(10)19-4-3-18-11)7-16-13(15)17-9-1-2-9/h5-6,9H,1-4,7H2,(H3,15,16,17). The number of nitrogens with two attached hydrogens (primary N) is 1. The van der Waals surface area contributed by atoms with Crippen molar-refractivity contribution in [2.24, 2.45) is 10.7 Å². The smallest absolute Gasteiger partial charge is 0.189 e. The van der Waals surface area contributed by atoms with Crippen LogP contribution in [0.4, 0.5) is 0 Å². The van der Waals surface area contributed by atoms with Crippen molar-refractivity contribution in [3.63, 3.8) is 0 Å². The minimum absolute atomic E-state index is 0.508. The Morgan fingerprint density at radius 1 is 1.37 bits per heavy atom. The Morgan fingerprint density at radius 3 is 2.95 bits per heavy atom. The first-order valence-corrected chi connectivity index (χ1v) is 7.16. The van der Waals surface area contributed by atoms with E-state index in [4.69, 9.17) is 15.2 Å². The van der Waals surface area contributed by atoms with Gasteiger partial charge in [0.05, 0.1) is 11.0 Å². The number of guanidine groups is 1. The molecule has 0 amide bonds. The number of aliphatic imine (C=N–C) groups is 1. The summed E-state index contributed by atoms with van der Waals surface area (Å²) in [6, 6.07) is 4.46.